The highest BCUT2D eigenvalue weighted by atomic mass is 16.7. The molecule has 31 heavy (non-hydrogen) atoms. The Balaban J connectivity index is 1.56. The molecule has 1 amide bonds. The highest BCUT2D eigenvalue weighted by Crippen LogP contribution is 2.43. The Kier molecular flexibility index (Phi) is 6.02. The number of benzene rings is 2. The van der Waals surface area contributed by atoms with Crippen LogP contribution in [0.1, 0.15) is 53.6 Å². The molecule has 1 saturated carbocycles. The summed E-state index contributed by atoms with van der Waals surface area (Å²) in [6.45, 7) is 0.511. The van der Waals surface area contributed by atoms with Gasteiger partial charge < -0.3 is 24.3 Å². The Morgan fingerprint density at radius 3 is 2.52 bits per heavy atom. The fourth-order valence-corrected chi connectivity index (χ4v) is 4.48. The molecule has 2 aromatic rings. The van der Waals surface area contributed by atoms with Gasteiger partial charge in [-0.3, -0.25) is 4.79 Å². The second-order valence-electron chi connectivity index (χ2n) is 7.92. The first kappa shape index (κ1) is 21.0. The molecule has 1 aliphatic carbocycles. The Hall–Kier alpha value is -3.22. The van der Waals surface area contributed by atoms with Gasteiger partial charge in [0.25, 0.3) is 0 Å². The third kappa shape index (κ3) is 4.04. The summed E-state index contributed by atoms with van der Waals surface area (Å²) in [5.74, 6) is 1.35. The van der Waals surface area contributed by atoms with E-state index in [-0.39, 0.29) is 12.7 Å². The molecule has 1 heterocycles. The van der Waals surface area contributed by atoms with Gasteiger partial charge >= 0.3 is 5.97 Å². The summed E-state index contributed by atoms with van der Waals surface area (Å²) in [5, 5.41) is 3.09. The second-order valence-corrected chi connectivity index (χ2v) is 7.92. The van der Waals surface area contributed by atoms with Crippen LogP contribution < -0.4 is 19.5 Å². The van der Waals surface area contributed by atoms with Crippen LogP contribution in [0.4, 0.5) is 0 Å². The summed E-state index contributed by atoms with van der Waals surface area (Å²) >= 11 is 0. The zero-order chi connectivity index (χ0) is 21.8. The van der Waals surface area contributed by atoms with Gasteiger partial charge in [0.1, 0.15) is 11.3 Å². The van der Waals surface area contributed by atoms with E-state index in [0.717, 1.165) is 43.2 Å². The number of nitrogens with one attached hydrogen (secondary N) is 1. The van der Waals surface area contributed by atoms with E-state index in [1.165, 1.54) is 14.2 Å². The maximum absolute atomic E-state index is 13.5. The number of amides is 1. The monoisotopic (exact) mass is 425 g/mol. The van der Waals surface area contributed by atoms with E-state index in [9.17, 15) is 9.59 Å². The second kappa shape index (κ2) is 8.88. The molecule has 0 aromatic heterocycles. The number of ether oxygens (including phenoxy) is 4. The van der Waals surface area contributed by atoms with Gasteiger partial charge in [-0.2, -0.15) is 0 Å². The van der Waals surface area contributed by atoms with Crippen LogP contribution in [0.25, 0.3) is 0 Å². The lowest BCUT2D eigenvalue weighted by molar-refractivity contribution is -0.128. The molecule has 0 atom stereocenters. The minimum atomic E-state index is -0.600. The molecule has 0 radical (unpaired) electrons. The Morgan fingerprint density at radius 1 is 1.00 bits per heavy atom. The first-order chi connectivity index (χ1) is 15.1. The maximum atomic E-state index is 13.5. The van der Waals surface area contributed by atoms with E-state index in [1.807, 2.05) is 24.3 Å². The van der Waals surface area contributed by atoms with Crippen molar-refractivity contribution >= 4 is 11.9 Å². The fraction of sp³-hybridized carbons (Fsp3) is 0.417. The van der Waals surface area contributed by atoms with Crippen molar-refractivity contribution in [1.29, 1.82) is 0 Å². The van der Waals surface area contributed by atoms with Crippen molar-refractivity contribution in [2.24, 2.45) is 0 Å². The van der Waals surface area contributed by atoms with Crippen LogP contribution in [0.15, 0.2) is 36.4 Å². The lowest BCUT2D eigenvalue weighted by atomic mass is 9.68. The molecule has 1 N–H and O–H groups in total. The Bertz CT molecular complexity index is 980. The van der Waals surface area contributed by atoms with E-state index >= 15 is 0 Å². The summed E-state index contributed by atoms with van der Waals surface area (Å²) < 4.78 is 21.1. The van der Waals surface area contributed by atoms with Crippen LogP contribution in [0.2, 0.25) is 0 Å². The van der Waals surface area contributed by atoms with E-state index in [4.69, 9.17) is 18.9 Å². The van der Waals surface area contributed by atoms with E-state index in [0.29, 0.717) is 29.4 Å². The minimum absolute atomic E-state index is 0.0125. The van der Waals surface area contributed by atoms with Gasteiger partial charge in [-0.15, -0.1) is 0 Å². The van der Waals surface area contributed by atoms with E-state index in [2.05, 4.69) is 5.32 Å². The summed E-state index contributed by atoms with van der Waals surface area (Å²) in [5.41, 5.74) is 1.49. The van der Waals surface area contributed by atoms with Gasteiger partial charge in [-0.05, 0) is 48.2 Å². The van der Waals surface area contributed by atoms with Crippen molar-refractivity contribution in [1.82, 2.24) is 5.32 Å². The predicted molar refractivity (Wildman–Crippen MR) is 114 cm³/mol. The van der Waals surface area contributed by atoms with Crippen LogP contribution in [-0.4, -0.2) is 32.9 Å². The standard InChI is InChI=1S/C24H27NO6/c1-28-19-8-6-16(12-18(19)22(26)29-2)14-25-23(27)24(10-4-3-5-11-24)17-7-9-20-21(13-17)31-15-30-20/h6-9,12-13H,3-5,10-11,14-15H2,1-2H3,(H,25,27). The van der Waals surface area contributed by atoms with Crippen molar-refractivity contribution in [3.63, 3.8) is 0 Å². The van der Waals surface area contributed by atoms with Crippen molar-refractivity contribution < 1.29 is 28.5 Å². The SMILES string of the molecule is COC(=O)c1cc(CNC(=O)C2(c3ccc4c(c3)OCO4)CCCCC2)ccc1OC. The molecule has 4 rings (SSSR count). The molecule has 7 heteroatoms. The first-order valence-electron chi connectivity index (χ1n) is 10.5. The minimum Gasteiger partial charge on any atom is -0.496 e. The zero-order valence-electron chi connectivity index (χ0n) is 17.9. The van der Waals surface area contributed by atoms with Crippen molar-refractivity contribution in [2.75, 3.05) is 21.0 Å². The average Bonchev–Trinajstić information content (AvgIpc) is 3.30. The number of esters is 1. The fourth-order valence-electron chi connectivity index (χ4n) is 4.48. The molecule has 1 aliphatic heterocycles. The van der Waals surface area contributed by atoms with E-state index < -0.39 is 11.4 Å². The Labute approximate surface area is 181 Å². The highest BCUT2D eigenvalue weighted by Gasteiger charge is 2.41. The maximum Gasteiger partial charge on any atom is 0.341 e. The molecule has 0 saturated heterocycles. The third-order valence-electron chi connectivity index (χ3n) is 6.19. The lowest BCUT2D eigenvalue weighted by Crippen LogP contribution is -2.45. The number of hydrogen-bond acceptors (Lipinski definition) is 6. The molecule has 2 aromatic carbocycles. The molecule has 0 bridgehead atoms. The van der Waals surface area contributed by atoms with Crippen LogP contribution in [-0.2, 0) is 21.5 Å². The summed E-state index contributed by atoms with van der Waals surface area (Å²) in [7, 11) is 2.83. The van der Waals surface area contributed by atoms with Gasteiger partial charge in [-0.25, -0.2) is 4.79 Å². The van der Waals surface area contributed by atoms with Crippen LogP contribution in [0, 0.1) is 0 Å². The molecule has 1 fully saturated rings. The van der Waals surface area contributed by atoms with Gasteiger partial charge in [0, 0.05) is 6.54 Å². The average molecular weight is 425 g/mol. The summed E-state index contributed by atoms with van der Waals surface area (Å²) in [6, 6.07) is 11.0. The molecular formula is C24H27NO6. The normalized spacial score (nSPS) is 16.5. The topological polar surface area (TPSA) is 83.1 Å². The van der Waals surface area contributed by atoms with Crippen molar-refractivity contribution in [3.8, 4) is 17.2 Å². The predicted octanol–water partition coefficient (Wildman–Crippen LogP) is 3.73. The quantitative estimate of drug-likeness (QED) is 0.710. The first-order valence-corrected chi connectivity index (χ1v) is 10.5. The molecule has 0 spiro atoms. The van der Waals surface area contributed by atoms with Gasteiger partial charge in [0.15, 0.2) is 11.5 Å². The van der Waals surface area contributed by atoms with Crippen LogP contribution >= 0.6 is 0 Å². The Morgan fingerprint density at radius 2 is 1.77 bits per heavy atom. The van der Waals surface area contributed by atoms with Gasteiger partial charge in [0.05, 0.1) is 19.6 Å². The number of hydrogen-bond donors (Lipinski definition) is 1. The molecule has 7 nitrogen and oxygen atoms in total. The van der Waals surface area contributed by atoms with Gasteiger partial charge in [-0.1, -0.05) is 31.4 Å². The molecule has 2 aliphatic rings. The molecular weight excluding hydrogens is 398 g/mol. The van der Waals surface area contributed by atoms with E-state index in [1.54, 1.807) is 12.1 Å². The van der Waals surface area contributed by atoms with Crippen molar-refractivity contribution in [2.45, 2.75) is 44.1 Å². The molecule has 164 valence electrons. The third-order valence-corrected chi connectivity index (χ3v) is 6.19. The van der Waals surface area contributed by atoms with Crippen molar-refractivity contribution in [3.05, 3.63) is 53.1 Å². The highest BCUT2D eigenvalue weighted by molar-refractivity contribution is 5.93. The number of methoxy groups -OCH3 is 2. The lowest BCUT2D eigenvalue weighted by Gasteiger charge is -2.36. The van der Waals surface area contributed by atoms with Crippen LogP contribution in [0.5, 0.6) is 17.2 Å². The largest absolute Gasteiger partial charge is 0.496 e. The zero-order valence-corrected chi connectivity index (χ0v) is 17.9. The number of carbonyl (C=O) groups excluding carboxylic acids is 2. The smallest absolute Gasteiger partial charge is 0.341 e. The number of rotatable bonds is 6. The number of carbonyl (C=O) groups is 2. The number of fused-ring (bicyclic) bond motifs is 1. The van der Waals surface area contributed by atoms with Gasteiger partial charge in [0.2, 0.25) is 12.7 Å². The van der Waals surface area contributed by atoms with Crippen LogP contribution in [0.3, 0.4) is 0 Å². The molecule has 0 unspecified atom stereocenters. The summed E-state index contributed by atoms with van der Waals surface area (Å²) in [4.78, 5) is 25.5. The summed E-state index contributed by atoms with van der Waals surface area (Å²) in [6.07, 6.45) is 4.69.